The van der Waals surface area contributed by atoms with Crippen molar-refractivity contribution in [3.63, 3.8) is 0 Å². The summed E-state index contributed by atoms with van der Waals surface area (Å²) in [7, 11) is -7.66. The van der Waals surface area contributed by atoms with Crippen LogP contribution in [0.25, 0.3) is 0 Å². The maximum atomic E-state index is 13.2. The van der Waals surface area contributed by atoms with Crippen LogP contribution in [0.5, 0.6) is 23.5 Å². The van der Waals surface area contributed by atoms with Gasteiger partial charge in [-0.1, -0.05) is 24.3 Å². The summed E-state index contributed by atoms with van der Waals surface area (Å²) in [6, 6.07) is 6.34. The minimum absolute atomic E-state index is 0.0918. The number of fused-ring (bicyclic) bond motifs is 12. The van der Waals surface area contributed by atoms with Crippen LogP contribution in [0, 0.1) is 0 Å². The summed E-state index contributed by atoms with van der Waals surface area (Å²) in [6.07, 6.45) is 32.2. The Morgan fingerprint density at radius 3 is 0.669 bits per heavy atom. The first-order chi connectivity index (χ1) is 59.8. The number of rotatable bonds is 12. The Morgan fingerprint density at radius 2 is 0.500 bits per heavy atom. The highest BCUT2D eigenvalue weighted by Crippen LogP contribution is 2.45. The highest BCUT2D eigenvalue weighted by molar-refractivity contribution is 7.92. The number of hydrogen-bond acceptors (Lipinski definition) is 20. The van der Waals surface area contributed by atoms with Crippen molar-refractivity contribution < 1.29 is 73.9 Å². The number of urea groups is 4. The number of amides is 8. The van der Waals surface area contributed by atoms with Gasteiger partial charge in [0.2, 0.25) is 23.5 Å². The zero-order valence-corrected chi connectivity index (χ0v) is 73.5. The van der Waals surface area contributed by atoms with Gasteiger partial charge in [0, 0.05) is 77.4 Å². The fourth-order valence-corrected chi connectivity index (χ4v) is 23.4. The molecule has 8 aromatic rings. The largest absolute Gasteiger partial charge is 0.474 e. The summed E-state index contributed by atoms with van der Waals surface area (Å²) >= 11 is 0. The lowest BCUT2D eigenvalue weighted by Crippen LogP contribution is -2.21. The second-order valence-electron chi connectivity index (χ2n) is 33.3. The van der Waals surface area contributed by atoms with Crippen LogP contribution in [0.1, 0.15) is 166 Å². The van der Waals surface area contributed by atoms with Gasteiger partial charge in [0.05, 0.1) is 49.2 Å². The lowest BCUT2D eigenvalue weighted by atomic mass is 9.99. The molecular formula is C84H108N20O16S4. The van der Waals surface area contributed by atoms with E-state index in [2.05, 4.69) is 83.4 Å². The first kappa shape index (κ1) is 86.4. The van der Waals surface area contributed by atoms with Crippen molar-refractivity contribution in [1.29, 1.82) is 0 Å². The number of hydrogen-bond donors (Lipinski definition) is 8. The lowest BCUT2D eigenvalue weighted by Gasteiger charge is -2.15. The van der Waals surface area contributed by atoms with Gasteiger partial charge in [-0.05, 0) is 269 Å². The van der Waals surface area contributed by atoms with Gasteiger partial charge in [-0.2, -0.15) is 20.4 Å². The third-order valence-corrected chi connectivity index (χ3v) is 31.0. The molecule has 664 valence electrons. The van der Waals surface area contributed by atoms with Gasteiger partial charge in [-0.15, -0.1) is 17.5 Å². The molecule has 4 aromatic heterocycles. The molecule has 4 aliphatic heterocycles. The van der Waals surface area contributed by atoms with Gasteiger partial charge in [-0.25, -0.2) is 75.3 Å². The van der Waals surface area contributed by atoms with Gasteiger partial charge in [0.25, 0.3) is 0 Å². The van der Waals surface area contributed by atoms with Crippen molar-refractivity contribution in [2.45, 2.75) is 250 Å². The van der Waals surface area contributed by atoms with Crippen LogP contribution in [0.15, 0.2) is 86.1 Å². The van der Waals surface area contributed by atoms with Crippen LogP contribution in [0.3, 0.4) is 0 Å². The number of nitrogens with zero attached hydrogens (tertiary/aromatic N) is 12. The van der Waals surface area contributed by atoms with E-state index in [9.17, 15) is 36.0 Å². The number of methoxy groups -OCH3 is 4. The molecule has 0 spiro atoms. The van der Waals surface area contributed by atoms with Crippen molar-refractivity contribution in [1.82, 2.24) is 39.1 Å². The Labute approximate surface area is 720 Å². The fraction of sp³-hybridized carbons (Fsp3) is 0.524. The SMILES string of the molecule is CO[C@@H]1CCn2ncc(S(N)(=O)=NC(=O)Nc3c4c(cc5c3CCC5)CCC4)c2OC1.CO[C@@H]1CCn2ncc(S(N)(=O)=NC(=O)Nc3c4c(cc5c3CCC5)CCC4)c2OC1.CO[C@H]1CCn2ncc(S(N)(=O)=NC(=O)Nc3c4c(cc5c3CCC5)CCC4)c2OC1.CO[C@H]1CCn2ncc(S(N)(=O)=NC(=O)Nc3c4c(cc5c3CCC5)CCC4)c2OC1. The molecule has 0 fully saturated rings. The predicted octanol–water partition coefficient (Wildman–Crippen LogP) is 10.4. The summed E-state index contributed by atoms with van der Waals surface area (Å²) < 4.78 is 119. The second kappa shape index (κ2) is 36.3. The van der Waals surface area contributed by atoms with Gasteiger partial charge in [0.1, 0.15) is 46.0 Å². The average Bonchev–Trinajstić information content (AvgIpc) is 1.61. The van der Waals surface area contributed by atoms with Crippen LogP contribution in [-0.2, 0) is 188 Å². The fourth-order valence-electron chi connectivity index (χ4n) is 19.4. The summed E-state index contributed by atoms with van der Waals surface area (Å²) in [5.41, 5.74) is 23.2. The summed E-state index contributed by atoms with van der Waals surface area (Å²) in [5.74, 6) is 1.13. The molecule has 0 radical (unpaired) electrons. The molecule has 124 heavy (non-hydrogen) atoms. The van der Waals surface area contributed by atoms with Crippen molar-refractivity contribution >= 4 is 86.5 Å². The third kappa shape index (κ3) is 18.0. The summed E-state index contributed by atoms with van der Waals surface area (Å²) in [6.45, 7) is 3.32. The Morgan fingerprint density at radius 1 is 0.323 bits per heavy atom. The number of aromatic nitrogens is 8. The molecule has 4 aromatic carbocycles. The number of aryl methyl sites for hydroxylation is 12. The standard InChI is InChI=1S/4C21H27N5O4S/c4*1-29-15-8-9-26-20(30-12-15)18(11-23-26)31(22,28)25-21(27)24-19-16-6-2-4-13(16)10-14-5-3-7-17(14)19/h4*10-11,15H,2-9,12H2,1H3,(H3,22,24,25,27,28)/t4*15-,31?/m1100/s1. The van der Waals surface area contributed by atoms with E-state index in [4.69, 9.17) is 58.5 Å². The van der Waals surface area contributed by atoms with E-state index in [-0.39, 0.29) is 67.5 Å². The molecule has 12 aliphatic rings. The quantitative estimate of drug-likeness (QED) is 0.0563. The lowest BCUT2D eigenvalue weighted by molar-refractivity contribution is 0.0568. The van der Waals surface area contributed by atoms with Gasteiger partial charge < -0.3 is 59.2 Å². The van der Waals surface area contributed by atoms with Gasteiger partial charge in [-0.3, -0.25) is 0 Å². The number of ether oxygens (including phenoxy) is 8. The van der Waals surface area contributed by atoms with Gasteiger partial charge >= 0.3 is 24.1 Å². The van der Waals surface area contributed by atoms with E-state index in [1.54, 1.807) is 47.2 Å². The second-order valence-corrected chi connectivity index (χ2v) is 40.3. The maximum absolute atomic E-state index is 13.2. The van der Waals surface area contributed by atoms with E-state index in [1.165, 1.54) is 114 Å². The van der Waals surface area contributed by atoms with E-state index in [0.29, 0.717) is 78.3 Å². The molecule has 36 nitrogen and oxygen atoms in total. The molecule has 4 unspecified atom stereocenters. The maximum Gasteiger partial charge on any atom is 0.354 e. The predicted molar refractivity (Wildman–Crippen MR) is 463 cm³/mol. The smallest absolute Gasteiger partial charge is 0.354 e. The van der Waals surface area contributed by atoms with Crippen LogP contribution in [-0.4, -0.2) is 159 Å². The van der Waals surface area contributed by atoms with Gasteiger partial charge in [0.15, 0.2) is 39.7 Å². The van der Waals surface area contributed by atoms with Crippen LogP contribution in [0.2, 0.25) is 0 Å². The van der Waals surface area contributed by atoms with E-state index < -0.39 is 63.8 Å². The van der Waals surface area contributed by atoms with E-state index in [0.717, 1.165) is 177 Å². The molecule has 12 N–H and O–H groups in total. The topological polar surface area (TPSA) is 483 Å². The van der Waals surface area contributed by atoms with Crippen LogP contribution < -0.4 is 60.8 Å². The first-order valence-electron chi connectivity index (χ1n) is 42.8. The number of carbonyl (C=O) groups is 4. The molecule has 8 aliphatic carbocycles. The zero-order valence-electron chi connectivity index (χ0n) is 70.2. The number of anilines is 4. The van der Waals surface area contributed by atoms with Crippen LogP contribution >= 0.6 is 0 Å². The molecule has 20 rings (SSSR count). The van der Waals surface area contributed by atoms with Crippen molar-refractivity contribution in [2.75, 3.05) is 76.1 Å². The van der Waals surface area contributed by atoms with E-state index >= 15 is 0 Å². The Bertz CT molecular complexity index is 5260. The summed E-state index contributed by atoms with van der Waals surface area (Å²) in [5, 5.41) is 52.7. The molecule has 0 bridgehead atoms. The highest BCUT2D eigenvalue weighted by atomic mass is 32.2. The number of nitrogens with two attached hydrogens (primary N) is 4. The Balaban J connectivity index is 0.000000117. The number of carbonyl (C=O) groups excluding carboxylic acids is 4. The van der Waals surface area contributed by atoms with Crippen molar-refractivity contribution in [3.8, 4) is 23.5 Å². The van der Waals surface area contributed by atoms with Crippen LogP contribution in [0.4, 0.5) is 41.9 Å². The number of nitrogens with one attached hydrogen (secondary N) is 4. The minimum Gasteiger partial charge on any atom is -0.474 e. The highest BCUT2D eigenvalue weighted by Gasteiger charge is 2.36. The minimum atomic E-state index is -3.53. The molecule has 0 saturated heterocycles. The molecule has 8 atom stereocenters. The van der Waals surface area contributed by atoms with Crippen molar-refractivity contribution in [3.05, 3.63) is 138 Å². The summed E-state index contributed by atoms with van der Waals surface area (Å²) in [4.78, 5) is 51.8. The monoisotopic (exact) mass is 1780 g/mol. The molecule has 8 heterocycles. The first-order valence-corrected chi connectivity index (χ1v) is 49.1. The number of benzene rings is 4. The average molecular weight is 1780 g/mol. The Kier molecular flexibility index (Phi) is 25.3. The van der Waals surface area contributed by atoms with Crippen molar-refractivity contribution in [2.24, 2.45) is 38.0 Å². The van der Waals surface area contributed by atoms with E-state index in [1.807, 2.05) is 0 Å². The normalized spacial score (nSPS) is 21.3. The Hall–Kier alpha value is -9.72. The molecule has 8 amide bonds. The molecular weight excluding hydrogens is 1670 g/mol. The third-order valence-electron chi connectivity index (χ3n) is 25.6. The zero-order chi connectivity index (χ0) is 86.3. The molecule has 0 saturated carbocycles. The molecule has 40 heteroatoms.